The molecule has 3 unspecified atom stereocenters. The van der Waals surface area contributed by atoms with Gasteiger partial charge in [-0.3, -0.25) is 4.90 Å². The first-order chi connectivity index (χ1) is 8.72. The van der Waals surface area contributed by atoms with Gasteiger partial charge in [-0.1, -0.05) is 13.3 Å². The van der Waals surface area contributed by atoms with Crippen LogP contribution in [0.2, 0.25) is 0 Å². The van der Waals surface area contributed by atoms with Crippen LogP contribution < -0.4 is 5.73 Å². The van der Waals surface area contributed by atoms with Crippen LogP contribution in [-0.4, -0.2) is 55.5 Å². The zero-order valence-corrected chi connectivity index (χ0v) is 11.9. The van der Waals surface area contributed by atoms with E-state index in [1.165, 1.54) is 6.42 Å². The van der Waals surface area contributed by atoms with Gasteiger partial charge in [-0.25, -0.2) is 0 Å². The molecule has 0 saturated carbocycles. The summed E-state index contributed by atoms with van der Waals surface area (Å²) >= 11 is 0. The van der Waals surface area contributed by atoms with Crippen molar-refractivity contribution in [2.75, 3.05) is 32.9 Å². The van der Waals surface area contributed by atoms with Gasteiger partial charge in [0.05, 0.1) is 19.3 Å². The summed E-state index contributed by atoms with van der Waals surface area (Å²) in [5.41, 5.74) is 6.29. The number of hydrogen-bond donors (Lipinski definition) is 1. The quantitative estimate of drug-likeness (QED) is 0.825. The van der Waals surface area contributed by atoms with Crippen molar-refractivity contribution in [2.24, 2.45) is 5.73 Å². The van der Waals surface area contributed by atoms with Crippen molar-refractivity contribution in [1.29, 1.82) is 0 Å². The number of ether oxygens (including phenoxy) is 2. The maximum absolute atomic E-state index is 6.15. The van der Waals surface area contributed by atoms with E-state index in [0.717, 1.165) is 52.2 Å². The zero-order chi connectivity index (χ0) is 13.0. The van der Waals surface area contributed by atoms with E-state index in [4.69, 9.17) is 15.2 Å². The van der Waals surface area contributed by atoms with Crippen molar-refractivity contribution in [3.63, 3.8) is 0 Å². The van der Waals surface area contributed by atoms with Crippen LogP contribution in [0.1, 0.15) is 39.5 Å². The lowest BCUT2D eigenvalue weighted by Gasteiger charge is -2.52. The molecule has 2 heterocycles. The largest absolute Gasteiger partial charge is 0.379 e. The Morgan fingerprint density at radius 1 is 1.39 bits per heavy atom. The van der Waals surface area contributed by atoms with E-state index in [9.17, 15) is 0 Å². The minimum atomic E-state index is 0.140. The Morgan fingerprint density at radius 3 is 2.89 bits per heavy atom. The molecule has 0 bridgehead atoms. The Labute approximate surface area is 111 Å². The van der Waals surface area contributed by atoms with Gasteiger partial charge >= 0.3 is 0 Å². The van der Waals surface area contributed by atoms with Gasteiger partial charge in [-0.05, 0) is 26.2 Å². The lowest BCUT2D eigenvalue weighted by Crippen LogP contribution is -2.64. The van der Waals surface area contributed by atoms with E-state index in [0.29, 0.717) is 12.1 Å². The Bertz CT molecular complexity index is 260. The van der Waals surface area contributed by atoms with Crippen LogP contribution in [0.3, 0.4) is 0 Å². The van der Waals surface area contributed by atoms with Gasteiger partial charge in [0, 0.05) is 31.3 Å². The highest BCUT2D eigenvalue weighted by atomic mass is 16.5. The molecule has 3 atom stereocenters. The van der Waals surface area contributed by atoms with Gasteiger partial charge in [-0.2, -0.15) is 0 Å². The molecule has 18 heavy (non-hydrogen) atoms. The topological polar surface area (TPSA) is 47.7 Å². The third kappa shape index (κ3) is 2.87. The molecular formula is C14H28N2O2. The van der Waals surface area contributed by atoms with Gasteiger partial charge < -0.3 is 15.2 Å². The normalized spacial score (nSPS) is 38.8. The highest BCUT2D eigenvalue weighted by molar-refractivity contribution is 4.98. The Morgan fingerprint density at radius 2 is 2.22 bits per heavy atom. The predicted molar refractivity (Wildman–Crippen MR) is 72.7 cm³/mol. The minimum Gasteiger partial charge on any atom is -0.379 e. The van der Waals surface area contributed by atoms with Crippen LogP contribution >= 0.6 is 0 Å². The van der Waals surface area contributed by atoms with Gasteiger partial charge in [-0.15, -0.1) is 0 Å². The molecule has 2 N–H and O–H groups in total. The molecule has 2 saturated heterocycles. The summed E-state index contributed by atoms with van der Waals surface area (Å²) in [6.45, 7) is 8.75. The van der Waals surface area contributed by atoms with Crippen molar-refractivity contribution in [2.45, 2.75) is 57.2 Å². The van der Waals surface area contributed by atoms with Crippen LogP contribution in [-0.2, 0) is 9.47 Å². The molecule has 106 valence electrons. The molecule has 2 fully saturated rings. The Hall–Kier alpha value is -0.160. The molecule has 0 aromatic carbocycles. The second kappa shape index (κ2) is 6.33. The fraction of sp³-hybridized carbons (Fsp3) is 1.00. The standard InChI is InChI=1S/C14H28N2O2/c1-3-4-13-9-14(11-15,5-7-18-13)16-6-8-17-10-12(16)2/h12-13H,3-11,15H2,1-2H3. The maximum Gasteiger partial charge on any atom is 0.0620 e. The number of nitrogens with zero attached hydrogens (tertiary/aromatic N) is 1. The third-order valence-electron chi connectivity index (χ3n) is 4.50. The van der Waals surface area contributed by atoms with E-state index >= 15 is 0 Å². The second-order valence-electron chi connectivity index (χ2n) is 5.78. The van der Waals surface area contributed by atoms with Gasteiger partial charge in [0.25, 0.3) is 0 Å². The Kier molecular flexibility index (Phi) is 5.01. The summed E-state index contributed by atoms with van der Waals surface area (Å²) in [5, 5.41) is 0. The van der Waals surface area contributed by atoms with Crippen molar-refractivity contribution < 1.29 is 9.47 Å². The molecule has 0 aromatic rings. The zero-order valence-electron chi connectivity index (χ0n) is 11.9. The van der Waals surface area contributed by atoms with Crippen molar-refractivity contribution in [3.8, 4) is 0 Å². The summed E-state index contributed by atoms with van der Waals surface area (Å²) in [7, 11) is 0. The van der Waals surface area contributed by atoms with Crippen LogP contribution in [0.4, 0.5) is 0 Å². The average Bonchev–Trinajstić information content (AvgIpc) is 2.40. The minimum absolute atomic E-state index is 0.140. The average molecular weight is 256 g/mol. The first-order valence-corrected chi connectivity index (χ1v) is 7.38. The van der Waals surface area contributed by atoms with E-state index < -0.39 is 0 Å². The smallest absolute Gasteiger partial charge is 0.0620 e. The molecule has 0 amide bonds. The SMILES string of the molecule is CCCC1CC(CN)(N2CCOCC2C)CCO1. The monoisotopic (exact) mass is 256 g/mol. The molecular weight excluding hydrogens is 228 g/mol. The molecule has 2 aliphatic rings. The third-order valence-corrected chi connectivity index (χ3v) is 4.50. The van der Waals surface area contributed by atoms with Crippen LogP contribution in [0, 0.1) is 0 Å². The van der Waals surface area contributed by atoms with Crippen molar-refractivity contribution >= 4 is 0 Å². The van der Waals surface area contributed by atoms with Gasteiger partial charge in [0.2, 0.25) is 0 Å². The molecule has 0 aliphatic carbocycles. The summed E-state index contributed by atoms with van der Waals surface area (Å²) in [5.74, 6) is 0. The van der Waals surface area contributed by atoms with E-state index in [1.807, 2.05) is 0 Å². The summed E-state index contributed by atoms with van der Waals surface area (Å²) in [4.78, 5) is 2.58. The van der Waals surface area contributed by atoms with Crippen LogP contribution in [0.5, 0.6) is 0 Å². The lowest BCUT2D eigenvalue weighted by molar-refractivity contribution is -0.117. The van der Waals surface area contributed by atoms with Gasteiger partial charge in [0.15, 0.2) is 0 Å². The fourth-order valence-electron chi connectivity index (χ4n) is 3.50. The summed E-state index contributed by atoms with van der Waals surface area (Å²) < 4.78 is 11.4. The first kappa shape index (κ1) is 14.3. The highest BCUT2D eigenvalue weighted by Gasteiger charge is 2.43. The summed E-state index contributed by atoms with van der Waals surface area (Å²) in [6.07, 6.45) is 4.88. The van der Waals surface area contributed by atoms with E-state index in [-0.39, 0.29) is 5.54 Å². The number of rotatable bonds is 4. The van der Waals surface area contributed by atoms with E-state index in [1.54, 1.807) is 0 Å². The number of hydrogen-bond acceptors (Lipinski definition) is 4. The van der Waals surface area contributed by atoms with Crippen LogP contribution in [0.15, 0.2) is 0 Å². The Balaban J connectivity index is 2.08. The summed E-state index contributed by atoms with van der Waals surface area (Å²) in [6, 6.07) is 0.475. The highest BCUT2D eigenvalue weighted by Crippen LogP contribution is 2.34. The molecule has 4 heteroatoms. The molecule has 2 aliphatic heterocycles. The molecule has 0 spiro atoms. The molecule has 0 aromatic heterocycles. The van der Waals surface area contributed by atoms with Crippen molar-refractivity contribution in [3.05, 3.63) is 0 Å². The van der Waals surface area contributed by atoms with Crippen molar-refractivity contribution in [1.82, 2.24) is 4.90 Å². The second-order valence-corrected chi connectivity index (χ2v) is 5.78. The van der Waals surface area contributed by atoms with E-state index in [2.05, 4.69) is 18.7 Å². The van der Waals surface area contributed by atoms with Gasteiger partial charge in [0.1, 0.15) is 0 Å². The predicted octanol–water partition coefficient (Wildman–Crippen LogP) is 1.38. The number of nitrogens with two attached hydrogens (primary N) is 1. The molecule has 4 nitrogen and oxygen atoms in total. The maximum atomic E-state index is 6.15. The number of morpholine rings is 1. The molecule has 2 rings (SSSR count). The first-order valence-electron chi connectivity index (χ1n) is 7.38. The fourth-order valence-corrected chi connectivity index (χ4v) is 3.50. The molecule has 0 radical (unpaired) electrons. The lowest BCUT2D eigenvalue weighted by atomic mass is 9.82. The van der Waals surface area contributed by atoms with Crippen LogP contribution in [0.25, 0.3) is 0 Å².